The lowest BCUT2D eigenvalue weighted by Gasteiger charge is -2.37. The summed E-state index contributed by atoms with van der Waals surface area (Å²) in [5.41, 5.74) is 5.35. The van der Waals surface area contributed by atoms with Gasteiger partial charge in [-0.2, -0.15) is 4.31 Å². The second-order valence-electron chi connectivity index (χ2n) is 5.64. The number of sulfonamides is 1. The maximum Gasteiger partial charge on any atom is 0.342 e. The number of halogens is 1. The molecule has 1 aliphatic heterocycles. The van der Waals surface area contributed by atoms with E-state index in [1.54, 1.807) is 6.92 Å². The highest BCUT2D eigenvalue weighted by molar-refractivity contribution is 7.89. The van der Waals surface area contributed by atoms with E-state index in [4.69, 9.17) is 5.73 Å². The van der Waals surface area contributed by atoms with Crippen molar-refractivity contribution in [3.63, 3.8) is 0 Å². The normalized spacial score (nSPS) is 21.0. The van der Waals surface area contributed by atoms with Crippen LogP contribution in [-0.2, 0) is 14.8 Å². The first kappa shape index (κ1) is 17.8. The summed E-state index contributed by atoms with van der Waals surface area (Å²) in [6, 6.07) is 2.78. The van der Waals surface area contributed by atoms with Gasteiger partial charge in [-0.3, -0.25) is 0 Å². The number of benzene rings is 1. The molecule has 128 valence electrons. The Balaban J connectivity index is 2.55. The Morgan fingerprint density at radius 3 is 2.74 bits per heavy atom. The number of hydrogen-bond donors (Lipinski definition) is 1. The molecule has 2 rings (SSSR count). The van der Waals surface area contributed by atoms with E-state index in [1.807, 2.05) is 0 Å². The van der Waals surface area contributed by atoms with Gasteiger partial charge in [0.25, 0.3) is 0 Å². The second kappa shape index (κ2) is 6.94. The van der Waals surface area contributed by atoms with Gasteiger partial charge in [0, 0.05) is 18.6 Å². The number of hydrogen-bond acceptors (Lipinski definition) is 5. The molecule has 6 nitrogen and oxygen atoms in total. The van der Waals surface area contributed by atoms with Gasteiger partial charge >= 0.3 is 5.97 Å². The van der Waals surface area contributed by atoms with Crippen LogP contribution >= 0.6 is 0 Å². The Morgan fingerprint density at radius 2 is 2.13 bits per heavy atom. The van der Waals surface area contributed by atoms with E-state index in [-0.39, 0.29) is 17.0 Å². The monoisotopic (exact) mass is 344 g/mol. The zero-order valence-electron chi connectivity index (χ0n) is 13.2. The molecule has 0 saturated carbocycles. The summed E-state index contributed by atoms with van der Waals surface area (Å²) in [7, 11) is -2.97. The number of piperidine rings is 1. The third kappa shape index (κ3) is 3.39. The number of methoxy groups -OCH3 is 1. The van der Waals surface area contributed by atoms with Crippen LogP contribution in [0.3, 0.4) is 0 Å². The van der Waals surface area contributed by atoms with Crippen LogP contribution in [0.15, 0.2) is 23.1 Å². The van der Waals surface area contributed by atoms with E-state index in [0.717, 1.165) is 19.6 Å². The lowest BCUT2D eigenvalue weighted by Crippen LogP contribution is -2.51. The first-order chi connectivity index (χ1) is 10.8. The maximum atomic E-state index is 14.0. The molecular formula is C15H21FN2O4S. The third-order valence-corrected chi connectivity index (χ3v) is 6.02. The van der Waals surface area contributed by atoms with Crippen molar-refractivity contribution in [2.24, 2.45) is 5.73 Å². The first-order valence-corrected chi connectivity index (χ1v) is 8.89. The summed E-state index contributed by atoms with van der Waals surface area (Å²) in [5, 5.41) is 0. The molecule has 0 radical (unpaired) electrons. The van der Waals surface area contributed by atoms with Gasteiger partial charge in [0.15, 0.2) is 0 Å². The molecule has 1 saturated heterocycles. The first-order valence-electron chi connectivity index (χ1n) is 7.45. The van der Waals surface area contributed by atoms with Crippen LogP contribution in [-0.4, -0.2) is 44.4 Å². The highest BCUT2D eigenvalue weighted by atomic mass is 32.2. The standard InChI is InChI=1S/C15H21FN2O4S/c1-10(17)12-7-3-4-9-18(12)23(20,21)13-8-5-6-11(16)14(13)15(19)22-2/h5-6,8,10,12H,3-4,7,9,17H2,1-2H3. The van der Waals surface area contributed by atoms with Gasteiger partial charge in [-0.25, -0.2) is 17.6 Å². The van der Waals surface area contributed by atoms with Crippen molar-refractivity contribution in [2.75, 3.05) is 13.7 Å². The van der Waals surface area contributed by atoms with Crippen molar-refractivity contribution in [1.29, 1.82) is 0 Å². The van der Waals surface area contributed by atoms with Gasteiger partial charge in [0.05, 0.1) is 12.0 Å². The average molecular weight is 344 g/mol. The molecule has 23 heavy (non-hydrogen) atoms. The highest BCUT2D eigenvalue weighted by Crippen LogP contribution is 2.29. The molecule has 0 amide bonds. The molecule has 0 spiro atoms. The summed E-state index contributed by atoms with van der Waals surface area (Å²) in [6.07, 6.45) is 2.22. The molecular weight excluding hydrogens is 323 g/mol. The molecule has 1 fully saturated rings. The van der Waals surface area contributed by atoms with Crippen molar-refractivity contribution in [3.05, 3.63) is 29.6 Å². The van der Waals surface area contributed by atoms with Gasteiger partial charge in [-0.05, 0) is 31.9 Å². The van der Waals surface area contributed by atoms with Crippen molar-refractivity contribution >= 4 is 16.0 Å². The van der Waals surface area contributed by atoms with Crippen molar-refractivity contribution in [2.45, 2.75) is 43.2 Å². The predicted octanol–water partition coefficient (Wildman–Crippen LogP) is 1.50. The molecule has 8 heteroatoms. The van der Waals surface area contributed by atoms with Crippen LogP contribution in [0.4, 0.5) is 4.39 Å². The fourth-order valence-electron chi connectivity index (χ4n) is 2.90. The smallest absolute Gasteiger partial charge is 0.342 e. The molecule has 0 aromatic heterocycles. The molecule has 0 bridgehead atoms. The zero-order chi connectivity index (χ0) is 17.2. The Hall–Kier alpha value is -1.51. The van der Waals surface area contributed by atoms with Gasteiger partial charge in [-0.1, -0.05) is 12.5 Å². The van der Waals surface area contributed by atoms with E-state index in [2.05, 4.69) is 4.74 Å². The Bertz CT molecular complexity index is 691. The molecule has 0 aliphatic carbocycles. The van der Waals surface area contributed by atoms with Crippen molar-refractivity contribution in [3.8, 4) is 0 Å². The van der Waals surface area contributed by atoms with Crippen LogP contribution < -0.4 is 5.73 Å². The Labute approximate surface area is 135 Å². The minimum Gasteiger partial charge on any atom is -0.465 e. The highest BCUT2D eigenvalue weighted by Gasteiger charge is 2.38. The third-order valence-electron chi connectivity index (χ3n) is 4.06. The SMILES string of the molecule is COC(=O)c1c(F)cccc1S(=O)(=O)N1CCCCC1C(C)N. The second-order valence-corrected chi connectivity index (χ2v) is 7.50. The van der Waals surface area contributed by atoms with Crippen molar-refractivity contribution < 1.29 is 22.3 Å². The number of nitrogens with two attached hydrogens (primary N) is 1. The van der Waals surface area contributed by atoms with Crippen LogP contribution in [0.2, 0.25) is 0 Å². The van der Waals surface area contributed by atoms with E-state index >= 15 is 0 Å². The summed E-state index contributed by atoms with van der Waals surface area (Å²) >= 11 is 0. The summed E-state index contributed by atoms with van der Waals surface area (Å²) in [5.74, 6) is -1.94. The maximum absolute atomic E-state index is 14.0. The average Bonchev–Trinajstić information content (AvgIpc) is 2.53. The van der Waals surface area contributed by atoms with Crippen LogP contribution in [0.1, 0.15) is 36.5 Å². The zero-order valence-corrected chi connectivity index (χ0v) is 14.0. The fourth-order valence-corrected chi connectivity index (χ4v) is 4.87. The van der Waals surface area contributed by atoms with Gasteiger partial charge in [-0.15, -0.1) is 0 Å². The topological polar surface area (TPSA) is 89.7 Å². The predicted molar refractivity (Wildman–Crippen MR) is 82.9 cm³/mol. The number of nitrogens with zero attached hydrogens (tertiary/aromatic N) is 1. The number of esters is 1. The fraction of sp³-hybridized carbons (Fsp3) is 0.533. The van der Waals surface area contributed by atoms with Crippen LogP contribution in [0.5, 0.6) is 0 Å². The quantitative estimate of drug-likeness (QED) is 0.836. The van der Waals surface area contributed by atoms with Crippen molar-refractivity contribution in [1.82, 2.24) is 4.31 Å². The number of carbonyl (C=O) groups excluding carboxylic acids is 1. The molecule has 1 heterocycles. The molecule has 1 aromatic rings. The number of ether oxygens (including phenoxy) is 1. The molecule has 2 unspecified atom stereocenters. The summed E-state index contributed by atoms with van der Waals surface area (Å²) in [6.45, 7) is 2.04. The molecule has 2 N–H and O–H groups in total. The molecule has 1 aromatic carbocycles. The van der Waals surface area contributed by atoms with E-state index in [1.165, 1.54) is 16.4 Å². The molecule has 2 atom stereocenters. The Morgan fingerprint density at radius 1 is 1.43 bits per heavy atom. The van der Waals surface area contributed by atoms with E-state index < -0.39 is 27.4 Å². The lowest BCUT2D eigenvalue weighted by atomic mass is 10.00. The van der Waals surface area contributed by atoms with Gasteiger partial charge in [0.1, 0.15) is 11.4 Å². The van der Waals surface area contributed by atoms with Gasteiger partial charge in [0.2, 0.25) is 10.0 Å². The summed E-state index contributed by atoms with van der Waals surface area (Å²) < 4.78 is 45.8. The van der Waals surface area contributed by atoms with Gasteiger partial charge < -0.3 is 10.5 Å². The van der Waals surface area contributed by atoms with Crippen LogP contribution in [0.25, 0.3) is 0 Å². The number of rotatable bonds is 4. The minimum atomic E-state index is -4.05. The van der Waals surface area contributed by atoms with Crippen LogP contribution in [0, 0.1) is 5.82 Å². The van der Waals surface area contributed by atoms with E-state index in [0.29, 0.717) is 19.4 Å². The largest absolute Gasteiger partial charge is 0.465 e. The lowest BCUT2D eigenvalue weighted by molar-refractivity contribution is 0.0590. The summed E-state index contributed by atoms with van der Waals surface area (Å²) in [4.78, 5) is 11.5. The molecule has 1 aliphatic rings. The Kier molecular flexibility index (Phi) is 5.38. The van der Waals surface area contributed by atoms with E-state index in [9.17, 15) is 17.6 Å². The minimum absolute atomic E-state index is 0.297. The number of carbonyl (C=O) groups is 1.